The molecule has 0 radical (unpaired) electrons. The SMILES string of the molecule is CCc1ccc(C(=O)NCCNc2ccc(-n3cccn3)nn2)cc1. The normalized spacial score (nSPS) is 10.4. The number of carbonyl (C=O) groups is 1. The molecule has 0 atom stereocenters. The highest BCUT2D eigenvalue weighted by atomic mass is 16.1. The Kier molecular flexibility index (Phi) is 5.36. The van der Waals surface area contributed by atoms with Crippen molar-refractivity contribution in [1.29, 1.82) is 0 Å². The molecule has 0 spiro atoms. The third kappa shape index (κ3) is 4.41. The Morgan fingerprint density at radius 1 is 1.08 bits per heavy atom. The van der Waals surface area contributed by atoms with Gasteiger partial charge in [-0.3, -0.25) is 4.79 Å². The maximum atomic E-state index is 12.1. The van der Waals surface area contributed by atoms with Crippen LogP contribution in [0.3, 0.4) is 0 Å². The number of aromatic nitrogens is 4. The highest BCUT2D eigenvalue weighted by Crippen LogP contribution is 2.06. The zero-order valence-corrected chi connectivity index (χ0v) is 14.0. The Hall–Kier alpha value is -3.22. The molecule has 2 heterocycles. The molecular formula is C18H20N6O. The number of hydrogen-bond acceptors (Lipinski definition) is 5. The zero-order chi connectivity index (χ0) is 17.5. The van der Waals surface area contributed by atoms with Crippen molar-refractivity contribution in [3.05, 3.63) is 66.0 Å². The molecule has 0 bridgehead atoms. The second-order valence-corrected chi connectivity index (χ2v) is 5.46. The molecular weight excluding hydrogens is 316 g/mol. The molecule has 7 nitrogen and oxygen atoms in total. The molecule has 0 aliphatic heterocycles. The molecule has 0 aliphatic rings. The first-order chi connectivity index (χ1) is 12.3. The first-order valence-electron chi connectivity index (χ1n) is 8.21. The number of hydrogen-bond donors (Lipinski definition) is 2. The summed E-state index contributed by atoms with van der Waals surface area (Å²) in [7, 11) is 0. The molecule has 1 amide bonds. The van der Waals surface area contributed by atoms with Gasteiger partial charge < -0.3 is 10.6 Å². The minimum Gasteiger partial charge on any atom is -0.367 e. The second kappa shape index (κ2) is 8.05. The van der Waals surface area contributed by atoms with Crippen LogP contribution in [0.4, 0.5) is 5.82 Å². The van der Waals surface area contributed by atoms with E-state index in [1.54, 1.807) is 17.1 Å². The van der Waals surface area contributed by atoms with E-state index in [1.807, 2.05) is 42.5 Å². The standard InChI is InChI=1S/C18H20N6O/c1-2-14-4-6-15(7-5-14)18(25)20-12-11-19-16-8-9-17(23-22-16)24-13-3-10-21-24/h3-10,13H,2,11-12H2,1H3,(H,19,22)(H,20,25). The van der Waals surface area contributed by atoms with Gasteiger partial charge in [0.15, 0.2) is 5.82 Å². The number of nitrogens with zero attached hydrogens (tertiary/aromatic N) is 4. The van der Waals surface area contributed by atoms with Crippen LogP contribution in [0.2, 0.25) is 0 Å². The molecule has 25 heavy (non-hydrogen) atoms. The molecule has 0 fully saturated rings. The lowest BCUT2D eigenvalue weighted by molar-refractivity contribution is 0.0955. The summed E-state index contributed by atoms with van der Waals surface area (Å²) in [6.45, 7) is 3.15. The van der Waals surface area contributed by atoms with Crippen molar-refractivity contribution in [2.24, 2.45) is 0 Å². The van der Waals surface area contributed by atoms with Gasteiger partial charge in [-0.1, -0.05) is 19.1 Å². The van der Waals surface area contributed by atoms with Gasteiger partial charge in [0.1, 0.15) is 5.82 Å². The van der Waals surface area contributed by atoms with Gasteiger partial charge in [-0.15, -0.1) is 10.2 Å². The van der Waals surface area contributed by atoms with Crippen molar-refractivity contribution >= 4 is 11.7 Å². The third-order valence-corrected chi connectivity index (χ3v) is 3.73. The van der Waals surface area contributed by atoms with Crippen LogP contribution in [0.5, 0.6) is 0 Å². The van der Waals surface area contributed by atoms with E-state index in [9.17, 15) is 4.79 Å². The molecule has 0 aliphatic carbocycles. The Labute approximate surface area is 146 Å². The fraction of sp³-hybridized carbons (Fsp3) is 0.222. The van der Waals surface area contributed by atoms with Crippen LogP contribution in [-0.2, 0) is 6.42 Å². The van der Waals surface area contributed by atoms with Gasteiger partial charge in [0.05, 0.1) is 0 Å². The number of benzene rings is 1. The first kappa shape index (κ1) is 16.6. The van der Waals surface area contributed by atoms with E-state index in [2.05, 4.69) is 32.9 Å². The molecule has 0 unspecified atom stereocenters. The maximum absolute atomic E-state index is 12.1. The van der Waals surface area contributed by atoms with Crippen LogP contribution in [-0.4, -0.2) is 39.0 Å². The van der Waals surface area contributed by atoms with Gasteiger partial charge in [-0.2, -0.15) is 5.10 Å². The van der Waals surface area contributed by atoms with Crippen molar-refractivity contribution in [2.75, 3.05) is 18.4 Å². The molecule has 0 saturated heterocycles. The van der Waals surface area contributed by atoms with Crippen molar-refractivity contribution in [1.82, 2.24) is 25.3 Å². The highest BCUT2D eigenvalue weighted by molar-refractivity contribution is 5.94. The average molecular weight is 336 g/mol. The predicted molar refractivity (Wildman–Crippen MR) is 95.8 cm³/mol. The van der Waals surface area contributed by atoms with Crippen LogP contribution in [0, 0.1) is 0 Å². The van der Waals surface area contributed by atoms with Crippen molar-refractivity contribution in [3.63, 3.8) is 0 Å². The second-order valence-electron chi connectivity index (χ2n) is 5.46. The topological polar surface area (TPSA) is 84.7 Å². The molecule has 3 aromatic rings. The van der Waals surface area contributed by atoms with Crippen molar-refractivity contribution in [3.8, 4) is 5.82 Å². The van der Waals surface area contributed by atoms with Gasteiger partial charge >= 0.3 is 0 Å². The summed E-state index contributed by atoms with van der Waals surface area (Å²) in [5, 5.41) is 18.3. The third-order valence-electron chi connectivity index (χ3n) is 3.73. The van der Waals surface area contributed by atoms with E-state index in [0.29, 0.717) is 30.3 Å². The Balaban J connectivity index is 1.44. The predicted octanol–water partition coefficient (Wildman–Crippen LogP) is 2.07. The van der Waals surface area contributed by atoms with Crippen LogP contribution >= 0.6 is 0 Å². The lowest BCUT2D eigenvalue weighted by Gasteiger charge is -2.08. The average Bonchev–Trinajstić information content (AvgIpc) is 3.20. The quantitative estimate of drug-likeness (QED) is 0.645. The van der Waals surface area contributed by atoms with E-state index >= 15 is 0 Å². The number of nitrogens with one attached hydrogen (secondary N) is 2. The Morgan fingerprint density at radius 3 is 2.56 bits per heavy atom. The van der Waals surface area contributed by atoms with Gasteiger partial charge in [-0.05, 0) is 42.3 Å². The van der Waals surface area contributed by atoms with Gasteiger partial charge in [0, 0.05) is 31.0 Å². The lowest BCUT2D eigenvalue weighted by Crippen LogP contribution is -2.28. The summed E-state index contributed by atoms with van der Waals surface area (Å²) in [6, 6.07) is 13.1. The Bertz CT molecular complexity index is 797. The monoisotopic (exact) mass is 336 g/mol. The maximum Gasteiger partial charge on any atom is 0.251 e. The van der Waals surface area contributed by atoms with E-state index in [4.69, 9.17) is 0 Å². The fourth-order valence-electron chi connectivity index (χ4n) is 2.31. The smallest absolute Gasteiger partial charge is 0.251 e. The summed E-state index contributed by atoms with van der Waals surface area (Å²) in [6.07, 6.45) is 4.46. The number of aryl methyl sites for hydroxylation is 1. The van der Waals surface area contributed by atoms with E-state index in [-0.39, 0.29) is 5.91 Å². The van der Waals surface area contributed by atoms with Crippen LogP contribution in [0.15, 0.2) is 54.9 Å². The number of amides is 1. The van der Waals surface area contributed by atoms with Crippen LogP contribution in [0.1, 0.15) is 22.8 Å². The summed E-state index contributed by atoms with van der Waals surface area (Å²) in [4.78, 5) is 12.1. The molecule has 2 N–H and O–H groups in total. The largest absolute Gasteiger partial charge is 0.367 e. The van der Waals surface area contributed by atoms with Crippen LogP contribution in [0.25, 0.3) is 5.82 Å². The fourth-order valence-corrected chi connectivity index (χ4v) is 2.31. The summed E-state index contributed by atoms with van der Waals surface area (Å²) < 4.78 is 1.64. The minimum atomic E-state index is -0.0791. The Morgan fingerprint density at radius 2 is 1.92 bits per heavy atom. The zero-order valence-electron chi connectivity index (χ0n) is 14.0. The van der Waals surface area contributed by atoms with E-state index in [1.165, 1.54) is 5.56 Å². The summed E-state index contributed by atoms with van der Waals surface area (Å²) in [5.41, 5.74) is 1.89. The van der Waals surface area contributed by atoms with Gasteiger partial charge in [0.2, 0.25) is 0 Å². The van der Waals surface area contributed by atoms with Crippen molar-refractivity contribution in [2.45, 2.75) is 13.3 Å². The van der Waals surface area contributed by atoms with Gasteiger partial charge in [0.25, 0.3) is 5.91 Å². The lowest BCUT2D eigenvalue weighted by atomic mass is 10.1. The molecule has 128 valence electrons. The minimum absolute atomic E-state index is 0.0791. The molecule has 7 heteroatoms. The van der Waals surface area contributed by atoms with E-state index < -0.39 is 0 Å². The summed E-state index contributed by atoms with van der Waals surface area (Å²) >= 11 is 0. The van der Waals surface area contributed by atoms with Crippen LogP contribution < -0.4 is 10.6 Å². The van der Waals surface area contributed by atoms with Crippen molar-refractivity contribution < 1.29 is 4.79 Å². The first-order valence-corrected chi connectivity index (χ1v) is 8.21. The molecule has 3 rings (SSSR count). The van der Waals surface area contributed by atoms with Gasteiger partial charge in [-0.25, -0.2) is 4.68 Å². The highest BCUT2D eigenvalue weighted by Gasteiger charge is 2.04. The summed E-state index contributed by atoms with van der Waals surface area (Å²) in [5.74, 6) is 1.22. The number of anilines is 1. The number of carbonyl (C=O) groups excluding carboxylic acids is 1. The molecule has 1 aromatic carbocycles. The van der Waals surface area contributed by atoms with E-state index in [0.717, 1.165) is 6.42 Å². The molecule has 0 saturated carbocycles. The molecule has 2 aromatic heterocycles. The number of rotatable bonds is 7.